The summed E-state index contributed by atoms with van der Waals surface area (Å²) in [6.45, 7) is 0.720. The molecule has 1 aliphatic heterocycles. The molecule has 4 nitrogen and oxygen atoms in total. The third-order valence-electron chi connectivity index (χ3n) is 4.23. The number of sulfone groups is 1. The highest BCUT2D eigenvalue weighted by atomic mass is 32.2. The van der Waals surface area contributed by atoms with Gasteiger partial charge in [0.2, 0.25) is 0 Å². The SMILES string of the molecule is CSc1ccc(C(=O)N2CCC(c3cccs3)S(=O)(=O)CC2)cc1. The van der Waals surface area contributed by atoms with Crippen LogP contribution in [0.25, 0.3) is 0 Å². The molecular formula is C17H19NO3S3. The van der Waals surface area contributed by atoms with E-state index in [0.29, 0.717) is 18.5 Å². The molecule has 1 saturated heterocycles. The highest BCUT2D eigenvalue weighted by Gasteiger charge is 2.33. The maximum atomic E-state index is 12.7. The summed E-state index contributed by atoms with van der Waals surface area (Å²) in [6.07, 6.45) is 2.44. The number of amides is 1. The maximum Gasteiger partial charge on any atom is 0.253 e. The van der Waals surface area contributed by atoms with Gasteiger partial charge in [0.05, 0.1) is 11.0 Å². The van der Waals surface area contributed by atoms with E-state index in [1.165, 1.54) is 11.3 Å². The fourth-order valence-electron chi connectivity index (χ4n) is 2.86. The topological polar surface area (TPSA) is 54.5 Å². The molecule has 0 bridgehead atoms. The fourth-order valence-corrected chi connectivity index (χ4v) is 6.27. The Hall–Kier alpha value is -1.31. The van der Waals surface area contributed by atoms with E-state index < -0.39 is 15.1 Å². The summed E-state index contributed by atoms with van der Waals surface area (Å²) >= 11 is 3.09. The van der Waals surface area contributed by atoms with Crippen LogP contribution in [0.3, 0.4) is 0 Å². The smallest absolute Gasteiger partial charge is 0.253 e. The summed E-state index contributed by atoms with van der Waals surface area (Å²) in [5.41, 5.74) is 0.611. The Morgan fingerprint density at radius 2 is 1.96 bits per heavy atom. The predicted molar refractivity (Wildman–Crippen MR) is 99.6 cm³/mol. The van der Waals surface area contributed by atoms with Crippen LogP contribution in [0.4, 0.5) is 0 Å². The van der Waals surface area contributed by atoms with Gasteiger partial charge in [-0.1, -0.05) is 6.07 Å². The number of hydrogen-bond donors (Lipinski definition) is 0. The van der Waals surface area contributed by atoms with Crippen molar-refractivity contribution in [3.63, 3.8) is 0 Å². The lowest BCUT2D eigenvalue weighted by atomic mass is 10.2. The first-order chi connectivity index (χ1) is 11.5. The Labute approximate surface area is 150 Å². The van der Waals surface area contributed by atoms with Crippen LogP contribution in [0.15, 0.2) is 46.7 Å². The van der Waals surface area contributed by atoms with Gasteiger partial charge in [-0.3, -0.25) is 4.79 Å². The van der Waals surface area contributed by atoms with Gasteiger partial charge in [-0.25, -0.2) is 8.42 Å². The molecule has 1 unspecified atom stereocenters. The first-order valence-corrected chi connectivity index (χ1v) is 11.5. The van der Waals surface area contributed by atoms with Crippen LogP contribution in [0.2, 0.25) is 0 Å². The van der Waals surface area contributed by atoms with Crippen LogP contribution in [0, 0.1) is 0 Å². The first kappa shape index (κ1) is 17.5. The van der Waals surface area contributed by atoms with Gasteiger partial charge in [-0.15, -0.1) is 23.1 Å². The van der Waals surface area contributed by atoms with Gasteiger partial charge < -0.3 is 4.90 Å². The Kier molecular flexibility index (Phi) is 5.32. The first-order valence-electron chi connectivity index (χ1n) is 7.69. The van der Waals surface area contributed by atoms with Gasteiger partial charge in [-0.05, 0) is 48.4 Å². The lowest BCUT2D eigenvalue weighted by Crippen LogP contribution is -2.33. The van der Waals surface area contributed by atoms with E-state index >= 15 is 0 Å². The zero-order valence-corrected chi connectivity index (χ0v) is 15.8. The lowest BCUT2D eigenvalue weighted by Gasteiger charge is -2.20. The molecule has 0 radical (unpaired) electrons. The number of thioether (sulfide) groups is 1. The summed E-state index contributed by atoms with van der Waals surface area (Å²) in [7, 11) is -3.23. The summed E-state index contributed by atoms with van der Waals surface area (Å²) in [4.78, 5) is 16.3. The Morgan fingerprint density at radius 3 is 2.58 bits per heavy atom. The molecule has 3 rings (SSSR count). The number of benzene rings is 1. The number of carbonyl (C=O) groups is 1. The van der Waals surface area contributed by atoms with Crippen molar-refractivity contribution in [1.82, 2.24) is 4.90 Å². The lowest BCUT2D eigenvalue weighted by molar-refractivity contribution is 0.0766. The summed E-state index contributed by atoms with van der Waals surface area (Å²) < 4.78 is 25.1. The molecule has 24 heavy (non-hydrogen) atoms. The highest BCUT2D eigenvalue weighted by molar-refractivity contribution is 7.98. The van der Waals surface area contributed by atoms with Crippen LogP contribution >= 0.6 is 23.1 Å². The molecule has 0 spiro atoms. The van der Waals surface area contributed by atoms with E-state index in [1.54, 1.807) is 16.7 Å². The molecule has 1 amide bonds. The summed E-state index contributed by atoms with van der Waals surface area (Å²) in [5, 5.41) is 1.40. The van der Waals surface area contributed by atoms with E-state index in [9.17, 15) is 13.2 Å². The molecule has 1 fully saturated rings. The van der Waals surface area contributed by atoms with E-state index in [2.05, 4.69) is 0 Å². The van der Waals surface area contributed by atoms with Gasteiger partial charge in [-0.2, -0.15) is 0 Å². The minimum Gasteiger partial charge on any atom is -0.338 e. The number of hydrogen-bond acceptors (Lipinski definition) is 5. The van der Waals surface area contributed by atoms with Crippen LogP contribution in [-0.4, -0.2) is 44.3 Å². The molecule has 7 heteroatoms. The van der Waals surface area contributed by atoms with Crippen molar-refractivity contribution in [1.29, 1.82) is 0 Å². The quantitative estimate of drug-likeness (QED) is 0.764. The Bertz CT molecular complexity index is 798. The normalized spacial score (nSPS) is 20.5. The molecule has 0 saturated carbocycles. The zero-order chi connectivity index (χ0) is 17.2. The van der Waals surface area contributed by atoms with Crippen LogP contribution < -0.4 is 0 Å². The largest absolute Gasteiger partial charge is 0.338 e. The molecule has 1 atom stereocenters. The number of rotatable bonds is 3. The van der Waals surface area contributed by atoms with E-state index in [1.807, 2.05) is 48.0 Å². The van der Waals surface area contributed by atoms with Crippen molar-refractivity contribution >= 4 is 38.8 Å². The minimum atomic E-state index is -3.23. The van der Waals surface area contributed by atoms with Gasteiger partial charge in [0.25, 0.3) is 5.91 Å². The van der Waals surface area contributed by atoms with Crippen molar-refractivity contribution < 1.29 is 13.2 Å². The third kappa shape index (κ3) is 3.68. The molecule has 1 aromatic carbocycles. The molecule has 1 aliphatic rings. The molecule has 0 aliphatic carbocycles. The van der Waals surface area contributed by atoms with E-state index in [-0.39, 0.29) is 18.2 Å². The Balaban J connectivity index is 1.78. The molecule has 128 valence electrons. The number of nitrogens with zero attached hydrogens (tertiary/aromatic N) is 1. The van der Waals surface area contributed by atoms with Crippen LogP contribution in [0.5, 0.6) is 0 Å². The van der Waals surface area contributed by atoms with Crippen molar-refractivity contribution in [3.05, 3.63) is 52.2 Å². The van der Waals surface area contributed by atoms with Gasteiger partial charge in [0, 0.05) is 28.4 Å². The molecule has 0 N–H and O–H groups in total. The molecular weight excluding hydrogens is 362 g/mol. The molecule has 2 aromatic rings. The third-order valence-corrected chi connectivity index (χ3v) is 8.21. The van der Waals surface area contributed by atoms with Gasteiger partial charge in [0.15, 0.2) is 9.84 Å². The molecule has 2 heterocycles. The summed E-state index contributed by atoms with van der Waals surface area (Å²) in [6, 6.07) is 11.2. The summed E-state index contributed by atoms with van der Waals surface area (Å²) in [5.74, 6) is -0.0748. The monoisotopic (exact) mass is 381 g/mol. The van der Waals surface area contributed by atoms with E-state index in [0.717, 1.165) is 9.77 Å². The molecule has 1 aromatic heterocycles. The Morgan fingerprint density at radius 1 is 1.21 bits per heavy atom. The minimum absolute atomic E-state index is 0.0181. The highest BCUT2D eigenvalue weighted by Crippen LogP contribution is 2.32. The van der Waals surface area contributed by atoms with Gasteiger partial charge >= 0.3 is 0 Å². The second kappa shape index (κ2) is 7.29. The number of thiophene rings is 1. The maximum absolute atomic E-state index is 12.7. The number of carbonyl (C=O) groups excluding carboxylic acids is 1. The average Bonchev–Trinajstić information content (AvgIpc) is 3.06. The van der Waals surface area contributed by atoms with Crippen LogP contribution in [-0.2, 0) is 9.84 Å². The average molecular weight is 382 g/mol. The second-order valence-electron chi connectivity index (χ2n) is 5.68. The van der Waals surface area contributed by atoms with E-state index in [4.69, 9.17) is 0 Å². The standard InChI is InChI=1S/C17H19NO3S3/c1-22-14-6-4-13(5-7-14)17(19)18-9-8-16(15-3-2-11-23-15)24(20,21)12-10-18/h2-7,11,16H,8-10,12H2,1H3. The van der Waals surface area contributed by atoms with Crippen molar-refractivity contribution in [2.24, 2.45) is 0 Å². The van der Waals surface area contributed by atoms with Crippen molar-refractivity contribution in [3.8, 4) is 0 Å². The zero-order valence-electron chi connectivity index (χ0n) is 13.3. The predicted octanol–water partition coefficient (Wildman–Crippen LogP) is 3.47. The van der Waals surface area contributed by atoms with Crippen molar-refractivity contribution in [2.45, 2.75) is 16.6 Å². The van der Waals surface area contributed by atoms with Crippen molar-refractivity contribution in [2.75, 3.05) is 25.1 Å². The van der Waals surface area contributed by atoms with Crippen LogP contribution in [0.1, 0.15) is 26.9 Å². The fraction of sp³-hybridized carbons (Fsp3) is 0.353. The van der Waals surface area contributed by atoms with Gasteiger partial charge in [0.1, 0.15) is 0 Å². The second-order valence-corrected chi connectivity index (χ2v) is 9.84.